The average Bonchev–Trinajstić information content (AvgIpc) is 3.12. The molecule has 8 heteroatoms. The summed E-state index contributed by atoms with van der Waals surface area (Å²) in [6.07, 6.45) is -4.61. The second kappa shape index (κ2) is 10.00. The van der Waals surface area contributed by atoms with Gasteiger partial charge in [0.05, 0.1) is 11.1 Å². The summed E-state index contributed by atoms with van der Waals surface area (Å²) in [5, 5.41) is 2.63. The molecule has 1 aliphatic heterocycles. The van der Waals surface area contributed by atoms with E-state index in [4.69, 9.17) is 18.9 Å². The van der Waals surface area contributed by atoms with E-state index in [1.165, 1.54) is 7.11 Å². The van der Waals surface area contributed by atoms with Gasteiger partial charge < -0.3 is 24.3 Å². The van der Waals surface area contributed by atoms with Gasteiger partial charge in [0.15, 0.2) is 24.6 Å². The van der Waals surface area contributed by atoms with Gasteiger partial charge in [0.25, 0.3) is 5.91 Å². The first kappa shape index (κ1) is 21.5. The van der Waals surface area contributed by atoms with Crippen molar-refractivity contribution in [1.82, 2.24) is 5.32 Å². The molecule has 2 aromatic carbocycles. The molecular formula is C22H23NO7. The molecule has 1 heterocycles. The third-order valence-corrected chi connectivity index (χ3v) is 4.52. The van der Waals surface area contributed by atoms with Crippen molar-refractivity contribution in [2.45, 2.75) is 31.5 Å². The maximum absolute atomic E-state index is 12.6. The largest absolute Gasteiger partial charge is 0.451 e. The van der Waals surface area contributed by atoms with Crippen LogP contribution in [0.5, 0.6) is 0 Å². The van der Waals surface area contributed by atoms with Gasteiger partial charge in [0.1, 0.15) is 0 Å². The van der Waals surface area contributed by atoms with E-state index in [9.17, 15) is 14.4 Å². The van der Waals surface area contributed by atoms with Crippen molar-refractivity contribution in [3.63, 3.8) is 0 Å². The Hall–Kier alpha value is -3.23. The van der Waals surface area contributed by atoms with Crippen LogP contribution in [-0.4, -0.2) is 56.1 Å². The molecule has 158 valence electrons. The first-order chi connectivity index (χ1) is 14.5. The second-order valence-corrected chi connectivity index (χ2v) is 6.53. The summed E-state index contributed by atoms with van der Waals surface area (Å²) in [7, 11) is 1.35. The first-order valence-corrected chi connectivity index (χ1v) is 9.53. The van der Waals surface area contributed by atoms with Gasteiger partial charge >= 0.3 is 11.9 Å². The topological polar surface area (TPSA) is 100 Å². The van der Waals surface area contributed by atoms with Gasteiger partial charge in [-0.3, -0.25) is 4.79 Å². The lowest BCUT2D eigenvalue weighted by atomic mass is 10.1. The third-order valence-electron chi connectivity index (χ3n) is 4.52. The minimum absolute atomic E-state index is 0.293. The van der Waals surface area contributed by atoms with Crippen LogP contribution in [0, 0.1) is 0 Å². The number of hydrogen-bond donors (Lipinski definition) is 1. The van der Waals surface area contributed by atoms with E-state index >= 15 is 0 Å². The number of benzene rings is 2. The van der Waals surface area contributed by atoms with E-state index in [1.807, 2.05) is 0 Å². The molecule has 0 saturated carbocycles. The van der Waals surface area contributed by atoms with E-state index in [1.54, 1.807) is 67.6 Å². The Morgan fingerprint density at radius 3 is 1.83 bits per heavy atom. The lowest BCUT2D eigenvalue weighted by molar-refractivity contribution is -0.161. The molecule has 0 bridgehead atoms. The zero-order valence-electron chi connectivity index (χ0n) is 16.6. The van der Waals surface area contributed by atoms with Gasteiger partial charge in [-0.25, -0.2) is 9.59 Å². The summed E-state index contributed by atoms with van der Waals surface area (Å²) in [6.45, 7) is 2.10. The Morgan fingerprint density at radius 1 is 0.867 bits per heavy atom. The van der Waals surface area contributed by atoms with Crippen molar-refractivity contribution < 1.29 is 33.3 Å². The SMILES string of the molecule is CCNC(=O)[C@H]1OC(OC)[C@H](OC(=O)c2ccccc2)[C@H]1OC(=O)c1ccccc1. The van der Waals surface area contributed by atoms with E-state index < -0.39 is 42.4 Å². The summed E-state index contributed by atoms with van der Waals surface area (Å²) in [6, 6.07) is 16.6. The van der Waals surface area contributed by atoms with Crippen LogP contribution < -0.4 is 5.32 Å². The van der Waals surface area contributed by atoms with Crippen LogP contribution >= 0.6 is 0 Å². The number of nitrogens with one attached hydrogen (secondary N) is 1. The molecule has 30 heavy (non-hydrogen) atoms. The molecule has 1 N–H and O–H groups in total. The number of ether oxygens (including phenoxy) is 4. The maximum atomic E-state index is 12.6. The van der Waals surface area contributed by atoms with Crippen LogP contribution in [0.4, 0.5) is 0 Å². The maximum Gasteiger partial charge on any atom is 0.338 e. The lowest BCUT2D eigenvalue weighted by Crippen LogP contribution is -2.46. The van der Waals surface area contributed by atoms with Crippen LogP contribution in [0.1, 0.15) is 27.6 Å². The molecule has 0 aliphatic carbocycles. The van der Waals surface area contributed by atoms with Crippen molar-refractivity contribution >= 4 is 17.8 Å². The van der Waals surface area contributed by atoms with Crippen LogP contribution in [0.25, 0.3) is 0 Å². The molecule has 0 spiro atoms. The van der Waals surface area contributed by atoms with Gasteiger partial charge in [-0.2, -0.15) is 0 Å². The molecule has 1 aliphatic rings. The first-order valence-electron chi connectivity index (χ1n) is 9.53. The van der Waals surface area contributed by atoms with Crippen LogP contribution in [0.2, 0.25) is 0 Å². The highest BCUT2D eigenvalue weighted by atomic mass is 16.7. The van der Waals surface area contributed by atoms with Gasteiger partial charge in [0, 0.05) is 13.7 Å². The number of amides is 1. The fourth-order valence-electron chi connectivity index (χ4n) is 3.09. The summed E-state index contributed by atoms with van der Waals surface area (Å²) in [5.74, 6) is -1.82. The van der Waals surface area contributed by atoms with Crippen molar-refractivity contribution in [2.75, 3.05) is 13.7 Å². The number of methoxy groups -OCH3 is 1. The summed E-state index contributed by atoms with van der Waals surface area (Å²) < 4.78 is 22.0. The quantitative estimate of drug-likeness (QED) is 0.693. The molecule has 1 saturated heterocycles. The molecule has 8 nitrogen and oxygen atoms in total. The molecule has 1 amide bonds. The molecule has 2 aromatic rings. The predicted molar refractivity (Wildman–Crippen MR) is 106 cm³/mol. The fourth-order valence-corrected chi connectivity index (χ4v) is 3.09. The standard InChI is InChI=1S/C22H23NO7/c1-3-23-19(24)17-16(28-20(25)14-10-6-4-7-11-14)18(22(27-2)30-17)29-21(26)15-12-8-5-9-13-15/h4-13,16-18,22H,3H2,1-2H3,(H,23,24)/t16-,17-,18+,22?/m0/s1. The van der Waals surface area contributed by atoms with Crippen molar-refractivity contribution in [3.05, 3.63) is 71.8 Å². The number of likely N-dealkylation sites (N-methyl/N-ethyl adjacent to an activating group) is 1. The minimum Gasteiger partial charge on any atom is -0.451 e. The van der Waals surface area contributed by atoms with E-state index in [2.05, 4.69) is 5.32 Å². The van der Waals surface area contributed by atoms with Crippen molar-refractivity contribution in [2.24, 2.45) is 0 Å². The van der Waals surface area contributed by atoms with Gasteiger partial charge in [-0.15, -0.1) is 0 Å². The average molecular weight is 413 g/mol. The fraction of sp³-hybridized carbons (Fsp3) is 0.318. The number of rotatable bonds is 7. The highest BCUT2D eigenvalue weighted by Crippen LogP contribution is 2.29. The Balaban J connectivity index is 1.86. The van der Waals surface area contributed by atoms with Crippen LogP contribution in [-0.2, 0) is 23.7 Å². The molecular weight excluding hydrogens is 390 g/mol. The van der Waals surface area contributed by atoms with Crippen molar-refractivity contribution in [1.29, 1.82) is 0 Å². The zero-order valence-corrected chi connectivity index (χ0v) is 16.6. The number of hydrogen-bond acceptors (Lipinski definition) is 7. The highest BCUT2D eigenvalue weighted by molar-refractivity contribution is 5.91. The zero-order chi connectivity index (χ0) is 21.5. The second-order valence-electron chi connectivity index (χ2n) is 6.53. The minimum atomic E-state index is -1.20. The Kier molecular flexibility index (Phi) is 7.16. The molecule has 1 fully saturated rings. The van der Waals surface area contributed by atoms with Gasteiger partial charge in [-0.05, 0) is 31.2 Å². The van der Waals surface area contributed by atoms with Gasteiger partial charge in [0.2, 0.25) is 0 Å². The van der Waals surface area contributed by atoms with E-state index in [-0.39, 0.29) is 0 Å². The lowest BCUT2D eigenvalue weighted by Gasteiger charge is -2.23. The Bertz CT molecular complexity index is 872. The van der Waals surface area contributed by atoms with E-state index in [0.717, 1.165) is 0 Å². The summed E-state index contributed by atoms with van der Waals surface area (Å²) in [5.41, 5.74) is 0.600. The summed E-state index contributed by atoms with van der Waals surface area (Å²) in [4.78, 5) is 37.7. The molecule has 0 radical (unpaired) electrons. The number of carbonyl (C=O) groups is 3. The van der Waals surface area contributed by atoms with Crippen LogP contribution in [0.15, 0.2) is 60.7 Å². The molecule has 1 unspecified atom stereocenters. The van der Waals surface area contributed by atoms with E-state index in [0.29, 0.717) is 17.7 Å². The summed E-state index contributed by atoms with van der Waals surface area (Å²) >= 11 is 0. The normalized spacial score (nSPS) is 22.9. The smallest absolute Gasteiger partial charge is 0.338 e. The Labute approximate surface area is 174 Å². The third kappa shape index (κ3) is 4.84. The predicted octanol–water partition coefficient (Wildman–Crippen LogP) is 1.94. The monoisotopic (exact) mass is 413 g/mol. The van der Waals surface area contributed by atoms with Crippen LogP contribution in [0.3, 0.4) is 0 Å². The van der Waals surface area contributed by atoms with Crippen molar-refractivity contribution in [3.8, 4) is 0 Å². The molecule has 3 rings (SSSR count). The number of carbonyl (C=O) groups excluding carboxylic acids is 3. The highest BCUT2D eigenvalue weighted by Gasteiger charge is 2.53. The number of esters is 2. The van der Waals surface area contributed by atoms with Gasteiger partial charge in [-0.1, -0.05) is 36.4 Å². The Morgan fingerprint density at radius 2 is 1.37 bits per heavy atom. The molecule has 0 aromatic heterocycles. The molecule has 4 atom stereocenters.